The quantitative estimate of drug-likeness (QED) is 0.808. The van der Waals surface area contributed by atoms with Crippen LogP contribution in [0.15, 0.2) is 54.6 Å². The van der Waals surface area contributed by atoms with Gasteiger partial charge in [-0.3, -0.25) is 9.59 Å². The van der Waals surface area contributed by atoms with E-state index in [-0.39, 0.29) is 29.7 Å². The van der Waals surface area contributed by atoms with Crippen molar-refractivity contribution in [3.63, 3.8) is 0 Å². The van der Waals surface area contributed by atoms with Crippen molar-refractivity contribution in [2.75, 3.05) is 16.8 Å². The minimum absolute atomic E-state index is 0.0495. The highest BCUT2D eigenvalue weighted by molar-refractivity contribution is 7.91. The predicted octanol–water partition coefficient (Wildman–Crippen LogP) is 1.99. The van der Waals surface area contributed by atoms with Crippen molar-refractivity contribution in [3.05, 3.63) is 60.2 Å². The van der Waals surface area contributed by atoms with Gasteiger partial charge in [-0.25, -0.2) is 8.42 Å². The standard InChI is InChI=1S/C21H22N2O5S/c24-20(12-19-21(25)22-17-8-4-5-9-18(17)28-19)23(13-15-6-2-1-3-7-15)16-10-11-29(26,27)14-16/h1-9,16,19H,10-14H2,(H,22,25). The second-order valence-corrected chi connectivity index (χ2v) is 9.59. The van der Waals surface area contributed by atoms with E-state index in [2.05, 4.69) is 5.32 Å². The third-order valence-corrected chi connectivity index (χ3v) is 6.98. The fraction of sp³-hybridized carbons (Fsp3) is 0.333. The molecule has 0 spiro atoms. The van der Waals surface area contributed by atoms with E-state index < -0.39 is 22.0 Å². The molecular formula is C21H22N2O5S. The lowest BCUT2D eigenvalue weighted by atomic mass is 10.1. The maximum Gasteiger partial charge on any atom is 0.266 e. The number of ether oxygens (including phenoxy) is 1. The van der Waals surface area contributed by atoms with Crippen LogP contribution in [-0.4, -0.2) is 48.8 Å². The van der Waals surface area contributed by atoms with Crippen LogP contribution in [0.2, 0.25) is 0 Å². The third-order valence-electron chi connectivity index (χ3n) is 5.23. The van der Waals surface area contributed by atoms with Crippen LogP contribution in [0.25, 0.3) is 0 Å². The van der Waals surface area contributed by atoms with Crippen molar-refractivity contribution in [3.8, 4) is 5.75 Å². The van der Waals surface area contributed by atoms with Gasteiger partial charge in [0.05, 0.1) is 23.6 Å². The molecule has 1 fully saturated rings. The van der Waals surface area contributed by atoms with Crippen LogP contribution in [0.1, 0.15) is 18.4 Å². The van der Waals surface area contributed by atoms with E-state index in [0.717, 1.165) is 5.56 Å². The van der Waals surface area contributed by atoms with E-state index in [4.69, 9.17) is 4.74 Å². The van der Waals surface area contributed by atoms with E-state index in [0.29, 0.717) is 24.4 Å². The number of para-hydroxylation sites is 2. The molecule has 152 valence electrons. The van der Waals surface area contributed by atoms with Crippen molar-refractivity contribution >= 4 is 27.3 Å². The Kier molecular flexibility index (Phi) is 5.27. The predicted molar refractivity (Wildman–Crippen MR) is 108 cm³/mol. The van der Waals surface area contributed by atoms with Gasteiger partial charge in [-0.2, -0.15) is 0 Å². The molecule has 0 saturated carbocycles. The van der Waals surface area contributed by atoms with Crippen molar-refractivity contribution in [2.24, 2.45) is 0 Å². The first kappa shape index (κ1) is 19.4. The zero-order chi connectivity index (χ0) is 20.4. The molecule has 1 saturated heterocycles. The normalized spacial score (nSPS) is 22.3. The third kappa shape index (κ3) is 4.42. The SMILES string of the molecule is O=C1Nc2ccccc2OC1CC(=O)N(Cc1ccccc1)C1CCS(=O)(=O)C1. The van der Waals surface area contributed by atoms with Gasteiger partial charge < -0.3 is 15.0 Å². The molecule has 0 aliphatic carbocycles. The number of hydrogen-bond donors (Lipinski definition) is 1. The lowest BCUT2D eigenvalue weighted by Gasteiger charge is -2.31. The maximum absolute atomic E-state index is 13.1. The molecule has 2 atom stereocenters. The second kappa shape index (κ2) is 7.87. The lowest BCUT2D eigenvalue weighted by molar-refractivity contribution is -0.139. The van der Waals surface area contributed by atoms with Crippen LogP contribution in [-0.2, 0) is 26.0 Å². The largest absolute Gasteiger partial charge is 0.478 e. The molecular weight excluding hydrogens is 392 g/mol. The molecule has 0 radical (unpaired) electrons. The second-order valence-electron chi connectivity index (χ2n) is 7.36. The zero-order valence-electron chi connectivity index (χ0n) is 15.8. The van der Waals surface area contributed by atoms with Gasteiger partial charge in [0.1, 0.15) is 5.75 Å². The first-order chi connectivity index (χ1) is 13.9. The fourth-order valence-corrected chi connectivity index (χ4v) is 5.46. The number of carbonyl (C=O) groups is 2. The zero-order valence-corrected chi connectivity index (χ0v) is 16.6. The van der Waals surface area contributed by atoms with Crippen LogP contribution in [0.5, 0.6) is 5.75 Å². The molecule has 8 heteroatoms. The van der Waals surface area contributed by atoms with E-state index in [1.165, 1.54) is 0 Å². The summed E-state index contributed by atoms with van der Waals surface area (Å²) in [7, 11) is -3.15. The van der Waals surface area contributed by atoms with Crippen LogP contribution in [0.4, 0.5) is 5.69 Å². The molecule has 2 unspecified atom stereocenters. The molecule has 1 N–H and O–H groups in total. The maximum atomic E-state index is 13.1. The summed E-state index contributed by atoms with van der Waals surface area (Å²) in [5.41, 5.74) is 1.48. The summed E-state index contributed by atoms with van der Waals surface area (Å²) < 4.78 is 29.7. The Hall–Kier alpha value is -2.87. The van der Waals surface area contributed by atoms with Crippen molar-refractivity contribution in [1.82, 2.24) is 4.90 Å². The lowest BCUT2D eigenvalue weighted by Crippen LogP contribution is -2.45. The molecule has 2 aromatic rings. The smallest absolute Gasteiger partial charge is 0.266 e. The van der Waals surface area contributed by atoms with Crippen LogP contribution in [0.3, 0.4) is 0 Å². The Morgan fingerprint density at radius 3 is 2.55 bits per heavy atom. The van der Waals surface area contributed by atoms with Gasteiger partial charge in [0.15, 0.2) is 15.9 Å². The highest BCUT2D eigenvalue weighted by Crippen LogP contribution is 2.30. The molecule has 7 nitrogen and oxygen atoms in total. The van der Waals surface area contributed by atoms with Crippen LogP contribution >= 0.6 is 0 Å². The highest BCUT2D eigenvalue weighted by atomic mass is 32.2. The van der Waals surface area contributed by atoms with Gasteiger partial charge in [-0.15, -0.1) is 0 Å². The number of rotatable bonds is 5. The van der Waals surface area contributed by atoms with Crippen molar-refractivity contribution < 1.29 is 22.7 Å². The van der Waals surface area contributed by atoms with Gasteiger partial charge in [0.25, 0.3) is 5.91 Å². The van der Waals surface area contributed by atoms with Gasteiger partial charge >= 0.3 is 0 Å². The number of amides is 2. The van der Waals surface area contributed by atoms with Gasteiger partial charge in [0.2, 0.25) is 5.91 Å². The summed E-state index contributed by atoms with van der Waals surface area (Å²) in [4.78, 5) is 27.1. The highest BCUT2D eigenvalue weighted by Gasteiger charge is 2.37. The number of nitrogens with one attached hydrogen (secondary N) is 1. The number of benzene rings is 2. The Morgan fingerprint density at radius 2 is 1.83 bits per heavy atom. The fourth-order valence-electron chi connectivity index (χ4n) is 3.73. The van der Waals surface area contributed by atoms with E-state index in [1.54, 1.807) is 29.2 Å². The molecule has 29 heavy (non-hydrogen) atoms. The van der Waals surface area contributed by atoms with Crippen molar-refractivity contribution in [1.29, 1.82) is 0 Å². The number of carbonyl (C=O) groups excluding carboxylic acids is 2. The number of nitrogens with zero attached hydrogens (tertiary/aromatic N) is 1. The Bertz CT molecular complexity index is 1020. The average Bonchev–Trinajstić information content (AvgIpc) is 3.07. The number of hydrogen-bond acceptors (Lipinski definition) is 5. The first-order valence-electron chi connectivity index (χ1n) is 9.52. The van der Waals surface area contributed by atoms with Gasteiger partial charge in [0, 0.05) is 12.6 Å². The van der Waals surface area contributed by atoms with E-state index in [1.807, 2.05) is 30.3 Å². The molecule has 0 aromatic heterocycles. The molecule has 2 heterocycles. The molecule has 0 bridgehead atoms. The average molecular weight is 414 g/mol. The Labute approximate surface area is 169 Å². The van der Waals surface area contributed by atoms with Crippen molar-refractivity contribution in [2.45, 2.75) is 31.5 Å². The summed E-state index contributed by atoms with van der Waals surface area (Å²) in [6.45, 7) is 0.296. The summed E-state index contributed by atoms with van der Waals surface area (Å²) in [5, 5.41) is 2.76. The van der Waals surface area contributed by atoms with Gasteiger partial charge in [-0.1, -0.05) is 42.5 Å². The topological polar surface area (TPSA) is 92.8 Å². The van der Waals surface area contributed by atoms with Crippen LogP contribution in [0, 0.1) is 0 Å². The number of anilines is 1. The summed E-state index contributed by atoms with van der Waals surface area (Å²) >= 11 is 0. The van der Waals surface area contributed by atoms with Gasteiger partial charge in [-0.05, 0) is 24.1 Å². The minimum Gasteiger partial charge on any atom is -0.478 e. The minimum atomic E-state index is -3.15. The first-order valence-corrected chi connectivity index (χ1v) is 11.3. The molecule has 2 amide bonds. The Balaban J connectivity index is 1.53. The molecule has 4 rings (SSSR count). The van der Waals surface area contributed by atoms with E-state index >= 15 is 0 Å². The molecule has 2 aliphatic heterocycles. The molecule has 2 aromatic carbocycles. The van der Waals surface area contributed by atoms with E-state index in [9.17, 15) is 18.0 Å². The molecule has 2 aliphatic rings. The summed E-state index contributed by atoms with van der Waals surface area (Å²) in [6.07, 6.45) is -0.695. The monoisotopic (exact) mass is 414 g/mol. The van der Waals surface area contributed by atoms with Crippen LogP contribution < -0.4 is 10.1 Å². The number of sulfone groups is 1. The summed E-state index contributed by atoms with van der Waals surface area (Å²) in [6, 6.07) is 16.1. The summed E-state index contributed by atoms with van der Waals surface area (Å²) in [5.74, 6) is -0.134. The Morgan fingerprint density at radius 1 is 1.10 bits per heavy atom. The number of fused-ring (bicyclic) bond motifs is 1.